The van der Waals surface area contributed by atoms with E-state index in [9.17, 15) is 0 Å². The van der Waals surface area contributed by atoms with Crippen LogP contribution in [0.4, 0.5) is 5.69 Å². The molecule has 0 aliphatic carbocycles. The highest BCUT2D eigenvalue weighted by molar-refractivity contribution is 5.91. The summed E-state index contributed by atoms with van der Waals surface area (Å²) in [5.41, 5.74) is 2.54. The van der Waals surface area contributed by atoms with Gasteiger partial charge in [-0.1, -0.05) is 26.0 Å². The van der Waals surface area contributed by atoms with Gasteiger partial charge in [0.15, 0.2) is 0 Å². The minimum Gasteiger partial charge on any atom is -0.367 e. The van der Waals surface area contributed by atoms with E-state index in [0.717, 1.165) is 26.2 Å². The molecule has 0 unspecified atom stereocenters. The van der Waals surface area contributed by atoms with Crippen LogP contribution in [0.5, 0.6) is 0 Å². The summed E-state index contributed by atoms with van der Waals surface area (Å²) in [6.45, 7) is 8.27. The molecule has 0 spiro atoms. The third kappa shape index (κ3) is 2.34. The lowest BCUT2D eigenvalue weighted by Gasteiger charge is -2.30. The van der Waals surface area contributed by atoms with Crippen molar-refractivity contribution in [3.63, 3.8) is 0 Å². The Bertz CT molecular complexity index is 497. The number of hydrogen-bond acceptors (Lipinski definition) is 3. The fourth-order valence-corrected chi connectivity index (χ4v) is 2.37. The van der Waals surface area contributed by atoms with E-state index in [-0.39, 0.29) is 0 Å². The van der Waals surface area contributed by atoms with Gasteiger partial charge >= 0.3 is 0 Å². The number of anilines is 1. The fourth-order valence-electron chi connectivity index (χ4n) is 2.37. The molecule has 98 valence electrons. The molecule has 1 aromatic heterocycles. The molecule has 18 heavy (non-hydrogen) atoms. The third-order valence-corrected chi connectivity index (χ3v) is 3.20. The van der Waals surface area contributed by atoms with Gasteiger partial charge in [0.25, 0.3) is 0 Å². The predicted octanol–water partition coefficient (Wildman–Crippen LogP) is 2.01. The highest BCUT2D eigenvalue weighted by Gasteiger charge is 2.14. The van der Waals surface area contributed by atoms with Gasteiger partial charge in [-0.3, -0.25) is 4.68 Å². The second kappa shape index (κ2) is 5.87. The Morgan fingerprint density at radius 3 is 2.61 bits per heavy atom. The first kappa shape index (κ1) is 12.9. The second-order valence-corrected chi connectivity index (χ2v) is 4.22. The number of nitrogens with zero attached hydrogens (tertiary/aromatic N) is 3. The molecule has 0 atom stereocenters. The summed E-state index contributed by atoms with van der Waals surface area (Å²) < 4.78 is 1.96. The summed E-state index contributed by atoms with van der Waals surface area (Å²) in [5.74, 6) is 0. The summed E-state index contributed by atoms with van der Waals surface area (Å²) in [4.78, 5) is 2.43. The third-order valence-electron chi connectivity index (χ3n) is 3.20. The van der Waals surface area contributed by atoms with E-state index in [2.05, 4.69) is 33.5 Å². The molecule has 0 radical (unpaired) electrons. The van der Waals surface area contributed by atoms with E-state index in [1.54, 1.807) is 0 Å². The van der Waals surface area contributed by atoms with Gasteiger partial charge in [0, 0.05) is 38.6 Å². The molecule has 4 nitrogen and oxygen atoms in total. The van der Waals surface area contributed by atoms with Crippen LogP contribution in [0.3, 0.4) is 0 Å². The Morgan fingerprint density at radius 1 is 1.17 bits per heavy atom. The second-order valence-electron chi connectivity index (χ2n) is 4.22. The predicted molar refractivity (Wildman–Crippen MR) is 77.1 cm³/mol. The number of aromatic nitrogens is 2. The normalized spacial score (nSPS) is 15.4. The Kier molecular flexibility index (Phi) is 4.20. The van der Waals surface area contributed by atoms with Crippen LogP contribution in [0.2, 0.25) is 0 Å². The number of hydrogen-bond donors (Lipinski definition) is 1. The number of para-hydroxylation sites is 1. The van der Waals surface area contributed by atoms with Crippen molar-refractivity contribution in [2.75, 3.05) is 31.1 Å². The maximum atomic E-state index is 4.33. The molecular weight excluding hydrogens is 224 g/mol. The van der Waals surface area contributed by atoms with E-state index in [1.165, 1.54) is 16.6 Å². The summed E-state index contributed by atoms with van der Waals surface area (Å²) in [5, 5.41) is 8.92. The molecule has 4 heteroatoms. The molecule has 2 aromatic rings. The minimum absolute atomic E-state index is 1.06. The van der Waals surface area contributed by atoms with Gasteiger partial charge in [-0.15, -0.1) is 0 Å². The van der Waals surface area contributed by atoms with Crippen molar-refractivity contribution >= 4 is 16.6 Å². The molecule has 1 saturated heterocycles. The van der Waals surface area contributed by atoms with E-state index in [1.807, 2.05) is 31.8 Å². The average molecular weight is 246 g/mol. The van der Waals surface area contributed by atoms with Gasteiger partial charge in [0.1, 0.15) is 0 Å². The zero-order chi connectivity index (χ0) is 13.0. The smallest absolute Gasteiger partial charge is 0.0912 e. The minimum atomic E-state index is 1.06. The molecule has 1 fully saturated rings. The first-order valence-electron chi connectivity index (χ1n) is 6.72. The van der Waals surface area contributed by atoms with Crippen molar-refractivity contribution in [3.8, 4) is 0 Å². The van der Waals surface area contributed by atoms with Crippen molar-refractivity contribution in [3.05, 3.63) is 24.4 Å². The Balaban J connectivity index is 0.000000574. The molecule has 0 saturated carbocycles. The summed E-state index contributed by atoms with van der Waals surface area (Å²) in [7, 11) is 2.01. The van der Waals surface area contributed by atoms with Crippen LogP contribution in [0.25, 0.3) is 10.9 Å². The maximum Gasteiger partial charge on any atom is 0.0912 e. The largest absolute Gasteiger partial charge is 0.367 e. The van der Waals surface area contributed by atoms with E-state index >= 15 is 0 Å². The van der Waals surface area contributed by atoms with Crippen LogP contribution in [0, 0.1) is 0 Å². The monoisotopic (exact) mass is 246 g/mol. The number of nitrogens with one attached hydrogen (secondary N) is 1. The number of piperazine rings is 1. The first-order valence-corrected chi connectivity index (χ1v) is 6.72. The van der Waals surface area contributed by atoms with Gasteiger partial charge in [0.2, 0.25) is 0 Å². The highest BCUT2D eigenvalue weighted by Crippen LogP contribution is 2.26. The molecule has 0 bridgehead atoms. The summed E-state index contributed by atoms with van der Waals surface area (Å²) >= 11 is 0. The van der Waals surface area contributed by atoms with Crippen molar-refractivity contribution in [1.82, 2.24) is 15.1 Å². The fraction of sp³-hybridized carbons (Fsp3) is 0.500. The van der Waals surface area contributed by atoms with Gasteiger partial charge in [0.05, 0.1) is 17.4 Å². The first-order chi connectivity index (χ1) is 8.86. The molecule has 1 N–H and O–H groups in total. The zero-order valence-corrected chi connectivity index (χ0v) is 11.5. The quantitative estimate of drug-likeness (QED) is 0.835. The Hall–Kier alpha value is -1.55. The molecule has 1 aromatic carbocycles. The van der Waals surface area contributed by atoms with Crippen molar-refractivity contribution in [1.29, 1.82) is 0 Å². The lowest BCUT2D eigenvalue weighted by atomic mass is 10.2. The average Bonchev–Trinajstić information content (AvgIpc) is 2.84. The number of fused-ring (bicyclic) bond motifs is 1. The van der Waals surface area contributed by atoms with Crippen molar-refractivity contribution < 1.29 is 0 Å². The van der Waals surface area contributed by atoms with Crippen molar-refractivity contribution in [2.45, 2.75) is 13.8 Å². The number of aryl methyl sites for hydroxylation is 1. The molecule has 2 heterocycles. The molecule has 0 amide bonds. The standard InChI is InChI=1S/C12H16N4.C2H6/c1-15-12-10(9-14-15)3-2-4-11(12)16-7-5-13-6-8-16;1-2/h2-4,9,13H,5-8H2,1H3;1-2H3. The van der Waals surface area contributed by atoms with Gasteiger partial charge in [-0.25, -0.2) is 0 Å². The van der Waals surface area contributed by atoms with Crippen LogP contribution in [0.15, 0.2) is 24.4 Å². The van der Waals surface area contributed by atoms with Gasteiger partial charge < -0.3 is 10.2 Å². The lowest BCUT2D eigenvalue weighted by Crippen LogP contribution is -2.43. The number of rotatable bonds is 1. The van der Waals surface area contributed by atoms with Crippen LogP contribution in [-0.4, -0.2) is 36.0 Å². The van der Waals surface area contributed by atoms with Crippen LogP contribution < -0.4 is 10.2 Å². The summed E-state index contributed by atoms with van der Waals surface area (Å²) in [6.07, 6.45) is 1.93. The summed E-state index contributed by atoms with van der Waals surface area (Å²) in [6, 6.07) is 6.42. The topological polar surface area (TPSA) is 33.1 Å². The zero-order valence-electron chi connectivity index (χ0n) is 11.5. The highest BCUT2D eigenvalue weighted by atomic mass is 15.3. The van der Waals surface area contributed by atoms with E-state index in [0.29, 0.717) is 0 Å². The molecule has 1 aliphatic rings. The molecular formula is C14H22N4. The van der Waals surface area contributed by atoms with Crippen LogP contribution >= 0.6 is 0 Å². The van der Waals surface area contributed by atoms with E-state index in [4.69, 9.17) is 0 Å². The molecule has 1 aliphatic heterocycles. The lowest BCUT2D eigenvalue weighted by molar-refractivity contribution is 0.589. The van der Waals surface area contributed by atoms with Gasteiger partial charge in [-0.05, 0) is 6.07 Å². The Morgan fingerprint density at radius 2 is 1.89 bits per heavy atom. The SMILES string of the molecule is CC.Cn1ncc2cccc(N3CCNCC3)c21. The Labute approximate surface area is 109 Å². The van der Waals surface area contributed by atoms with Crippen LogP contribution in [-0.2, 0) is 7.05 Å². The van der Waals surface area contributed by atoms with Crippen LogP contribution in [0.1, 0.15) is 13.8 Å². The van der Waals surface area contributed by atoms with Crippen molar-refractivity contribution in [2.24, 2.45) is 7.05 Å². The van der Waals surface area contributed by atoms with E-state index < -0.39 is 0 Å². The number of benzene rings is 1. The van der Waals surface area contributed by atoms with Gasteiger partial charge in [-0.2, -0.15) is 5.10 Å². The maximum absolute atomic E-state index is 4.33. The molecule has 3 rings (SSSR count).